The van der Waals surface area contributed by atoms with Crippen molar-refractivity contribution in [1.29, 1.82) is 0 Å². The van der Waals surface area contributed by atoms with E-state index in [1.54, 1.807) is 11.8 Å². The van der Waals surface area contributed by atoms with Crippen LogP contribution in [0.2, 0.25) is 0 Å². The number of ether oxygens (including phenoxy) is 1. The van der Waals surface area contributed by atoms with Gasteiger partial charge in [-0.05, 0) is 50.8 Å². The van der Waals surface area contributed by atoms with Crippen molar-refractivity contribution in [1.82, 2.24) is 14.5 Å². The predicted molar refractivity (Wildman–Crippen MR) is 102 cm³/mol. The van der Waals surface area contributed by atoms with E-state index >= 15 is 0 Å². The Morgan fingerprint density at radius 3 is 2.48 bits per heavy atom. The minimum atomic E-state index is -3.90. The monoisotopic (exact) mass is 421 g/mol. The summed E-state index contributed by atoms with van der Waals surface area (Å²) in [6.45, 7) is 3.02. The first-order valence-corrected chi connectivity index (χ1v) is 11.2. The molecule has 1 saturated carbocycles. The van der Waals surface area contributed by atoms with Crippen LogP contribution in [0.15, 0.2) is 23.1 Å². The average molecular weight is 421 g/mol. The summed E-state index contributed by atoms with van der Waals surface area (Å²) in [6.07, 6.45) is 2.17. The number of carbonyl (C=O) groups excluding carboxylic acids is 3. The van der Waals surface area contributed by atoms with Crippen LogP contribution in [0.3, 0.4) is 0 Å². The second-order valence-corrected chi connectivity index (χ2v) is 9.27. The Morgan fingerprint density at radius 2 is 1.86 bits per heavy atom. The van der Waals surface area contributed by atoms with E-state index in [0.717, 1.165) is 4.31 Å². The Labute approximate surface area is 169 Å². The summed E-state index contributed by atoms with van der Waals surface area (Å²) >= 11 is 0. The van der Waals surface area contributed by atoms with Gasteiger partial charge in [-0.15, -0.1) is 0 Å². The summed E-state index contributed by atoms with van der Waals surface area (Å²) in [6, 6.07) is 3.79. The van der Waals surface area contributed by atoms with Gasteiger partial charge in [-0.1, -0.05) is 0 Å². The lowest BCUT2D eigenvalue weighted by Crippen LogP contribution is -2.46. The van der Waals surface area contributed by atoms with Crippen LogP contribution in [-0.2, 0) is 14.8 Å². The molecule has 1 aliphatic carbocycles. The number of benzene rings is 1. The molecule has 1 saturated heterocycles. The molecule has 1 aromatic rings. The summed E-state index contributed by atoms with van der Waals surface area (Å²) in [7, 11) is -3.90. The van der Waals surface area contributed by atoms with E-state index < -0.39 is 21.8 Å². The van der Waals surface area contributed by atoms with E-state index in [4.69, 9.17) is 4.74 Å². The zero-order valence-electron chi connectivity index (χ0n) is 16.1. The fourth-order valence-corrected chi connectivity index (χ4v) is 5.59. The molecule has 1 aromatic carbocycles. The number of hydrogen-bond donors (Lipinski definition) is 1. The zero-order valence-corrected chi connectivity index (χ0v) is 16.9. The standard InChI is InChI=1S/C19H23N3O6S/c1-2-28-19(25)21-9-7-13(8-10-21)20-17(23)12-3-6-15-16(11-12)29(26,27)22(18(15)24)14-4-5-14/h3,6,11,13-14H,2,4-5,7-10H2,1H3,(H,20,23). The third-order valence-corrected chi connectivity index (χ3v) is 7.32. The summed E-state index contributed by atoms with van der Waals surface area (Å²) in [5.41, 5.74) is 0.321. The van der Waals surface area contributed by atoms with Crippen molar-refractivity contribution in [3.05, 3.63) is 29.3 Å². The van der Waals surface area contributed by atoms with Crippen LogP contribution in [0.25, 0.3) is 0 Å². The van der Waals surface area contributed by atoms with Crippen molar-refractivity contribution < 1.29 is 27.5 Å². The van der Waals surface area contributed by atoms with E-state index in [1.165, 1.54) is 18.2 Å². The van der Waals surface area contributed by atoms with Gasteiger partial charge in [0.05, 0.1) is 12.2 Å². The number of nitrogens with one attached hydrogen (secondary N) is 1. The van der Waals surface area contributed by atoms with Crippen LogP contribution < -0.4 is 5.32 Å². The minimum absolute atomic E-state index is 0.0980. The first kappa shape index (κ1) is 19.7. The molecule has 0 atom stereocenters. The number of nitrogens with zero attached hydrogens (tertiary/aromatic N) is 2. The SMILES string of the molecule is CCOC(=O)N1CCC(NC(=O)c2ccc3c(c2)S(=O)(=O)N(C2CC2)C3=O)CC1. The Morgan fingerprint density at radius 1 is 1.17 bits per heavy atom. The van der Waals surface area contributed by atoms with Crippen LogP contribution in [0.4, 0.5) is 4.79 Å². The zero-order chi connectivity index (χ0) is 20.8. The summed E-state index contributed by atoms with van der Waals surface area (Å²) < 4.78 is 31.4. The van der Waals surface area contributed by atoms with Crippen LogP contribution in [0.1, 0.15) is 53.3 Å². The fraction of sp³-hybridized carbons (Fsp3) is 0.526. The maximum Gasteiger partial charge on any atom is 0.409 e. The van der Waals surface area contributed by atoms with E-state index in [2.05, 4.69) is 5.32 Å². The van der Waals surface area contributed by atoms with Crippen molar-refractivity contribution in [3.63, 3.8) is 0 Å². The van der Waals surface area contributed by atoms with Gasteiger partial charge >= 0.3 is 6.09 Å². The number of carbonyl (C=O) groups is 3. The molecule has 1 N–H and O–H groups in total. The molecule has 156 valence electrons. The van der Waals surface area contributed by atoms with Crippen molar-refractivity contribution in [2.24, 2.45) is 0 Å². The van der Waals surface area contributed by atoms with Crippen LogP contribution >= 0.6 is 0 Å². The number of sulfonamides is 1. The Balaban J connectivity index is 1.43. The average Bonchev–Trinajstić information content (AvgIpc) is 3.50. The van der Waals surface area contributed by atoms with Gasteiger partial charge in [0.2, 0.25) is 0 Å². The summed E-state index contributed by atoms with van der Waals surface area (Å²) in [5.74, 6) is -0.907. The number of hydrogen-bond acceptors (Lipinski definition) is 6. The number of likely N-dealkylation sites (tertiary alicyclic amines) is 1. The van der Waals surface area contributed by atoms with Crippen molar-refractivity contribution in [3.8, 4) is 0 Å². The van der Waals surface area contributed by atoms with Gasteiger partial charge in [-0.3, -0.25) is 9.59 Å². The molecule has 3 amide bonds. The number of rotatable bonds is 4. The first-order valence-electron chi connectivity index (χ1n) is 9.78. The normalized spacial score (nSPS) is 21.1. The molecule has 10 heteroatoms. The van der Waals surface area contributed by atoms with E-state index in [-0.39, 0.29) is 34.2 Å². The topological polar surface area (TPSA) is 113 Å². The van der Waals surface area contributed by atoms with Crippen molar-refractivity contribution in [2.45, 2.75) is 49.6 Å². The highest BCUT2D eigenvalue weighted by Crippen LogP contribution is 2.39. The molecular formula is C19H23N3O6S. The van der Waals surface area contributed by atoms with Gasteiger partial charge in [-0.25, -0.2) is 17.5 Å². The second-order valence-electron chi connectivity index (χ2n) is 7.48. The molecule has 0 aromatic heterocycles. The molecule has 0 spiro atoms. The largest absolute Gasteiger partial charge is 0.450 e. The predicted octanol–water partition coefficient (Wildman–Crippen LogP) is 1.34. The Bertz CT molecular complexity index is 964. The van der Waals surface area contributed by atoms with E-state index in [9.17, 15) is 22.8 Å². The van der Waals surface area contributed by atoms with Gasteiger partial charge in [0, 0.05) is 30.7 Å². The van der Waals surface area contributed by atoms with Crippen molar-refractivity contribution in [2.75, 3.05) is 19.7 Å². The third kappa shape index (κ3) is 3.57. The highest BCUT2D eigenvalue weighted by molar-refractivity contribution is 7.90. The maximum atomic E-state index is 12.7. The van der Waals surface area contributed by atoms with Gasteiger partial charge in [0.1, 0.15) is 4.90 Å². The maximum absolute atomic E-state index is 12.7. The number of piperidine rings is 1. The molecule has 2 aliphatic heterocycles. The lowest BCUT2D eigenvalue weighted by Gasteiger charge is -2.31. The van der Waals surface area contributed by atoms with E-state index in [0.29, 0.717) is 45.4 Å². The highest BCUT2D eigenvalue weighted by atomic mass is 32.2. The highest BCUT2D eigenvalue weighted by Gasteiger charge is 2.48. The smallest absolute Gasteiger partial charge is 0.409 e. The molecule has 29 heavy (non-hydrogen) atoms. The number of amides is 3. The van der Waals surface area contributed by atoms with E-state index in [1.807, 2.05) is 0 Å². The Hall–Kier alpha value is -2.62. The molecule has 2 heterocycles. The Kier molecular flexibility index (Phi) is 4.97. The third-order valence-electron chi connectivity index (χ3n) is 5.45. The minimum Gasteiger partial charge on any atom is -0.450 e. The molecule has 0 radical (unpaired) electrons. The molecule has 0 bridgehead atoms. The van der Waals surface area contributed by atoms with Gasteiger partial charge in [0.25, 0.3) is 21.8 Å². The lowest BCUT2D eigenvalue weighted by molar-refractivity contribution is 0.0847. The molecule has 9 nitrogen and oxygen atoms in total. The molecule has 3 aliphatic rings. The first-order chi connectivity index (χ1) is 13.8. The second kappa shape index (κ2) is 7.33. The van der Waals surface area contributed by atoms with Gasteiger partial charge in [0.15, 0.2) is 0 Å². The van der Waals surface area contributed by atoms with Gasteiger partial charge in [-0.2, -0.15) is 0 Å². The van der Waals surface area contributed by atoms with Crippen LogP contribution in [0, 0.1) is 0 Å². The quantitative estimate of drug-likeness (QED) is 0.785. The molecule has 4 rings (SSSR count). The number of fused-ring (bicyclic) bond motifs is 1. The molecule has 0 unspecified atom stereocenters. The van der Waals surface area contributed by atoms with Crippen LogP contribution in [-0.4, -0.2) is 67.3 Å². The fourth-order valence-electron chi connectivity index (χ4n) is 3.75. The van der Waals surface area contributed by atoms with Crippen molar-refractivity contribution >= 4 is 27.9 Å². The van der Waals surface area contributed by atoms with Crippen LogP contribution in [0.5, 0.6) is 0 Å². The summed E-state index contributed by atoms with van der Waals surface area (Å²) in [4.78, 5) is 38.3. The van der Waals surface area contributed by atoms with Gasteiger partial charge < -0.3 is 15.0 Å². The lowest BCUT2D eigenvalue weighted by atomic mass is 10.0. The summed E-state index contributed by atoms with van der Waals surface area (Å²) in [5, 5.41) is 2.89. The molecular weight excluding hydrogens is 398 g/mol. The molecule has 2 fully saturated rings.